The SMILES string of the molecule is CCN1CCCCCCCCC(NC(c2ccccc2)(c2ccccc2)c2ccccc2)C1=O. The molecule has 3 aromatic rings. The molecule has 4 rings (SSSR count). The molecule has 1 aliphatic heterocycles. The van der Waals surface area contributed by atoms with Crippen molar-refractivity contribution in [1.82, 2.24) is 10.2 Å². The van der Waals surface area contributed by atoms with E-state index in [1.165, 1.54) is 25.7 Å². The van der Waals surface area contributed by atoms with Crippen molar-refractivity contribution in [1.29, 1.82) is 0 Å². The molecule has 1 atom stereocenters. The fourth-order valence-electron chi connectivity index (χ4n) is 5.34. The van der Waals surface area contributed by atoms with Gasteiger partial charge in [0.1, 0.15) is 0 Å². The first-order chi connectivity index (χ1) is 16.8. The monoisotopic (exact) mass is 454 g/mol. The Morgan fingerprint density at radius 2 is 1.15 bits per heavy atom. The quantitative estimate of drug-likeness (QED) is 0.430. The number of likely N-dealkylation sites (N-methyl/N-ethyl adjacent to an activating group) is 1. The Kier molecular flexibility index (Phi) is 8.54. The lowest BCUT2D eigenvalue weighted by Crippen LogP contribution is -2.56. The Hall–Kier alpha value is -2.91. The van der Waals surface area contributed by atoms with E-state index in [2.05, 4.69) is 108 Å². The van der Waals surface area contributed by atoms with Crippen LogP contribution in [-0.2, 0) is 10.3 Å². The lowest BCUT2D eigenvalue weighted by atomic mass is 9.76. The summed E-state index contributed by atoms with van der Waals surface area (Å²) in [6, 6.07) is 31.6. The van der Waals surface area contributed by atoms with Crippen molar-refractivity contribution in [3.8, 4) is 0 Å². The predicted molar refractivity (Wildman–Crippen MR) is 141 cm³/mol. The fourth-order valence-corrected chi connectivity index (χ4v) is 5.34. The maximum absolute atomic E-state index is 13.9. The van der Waals surface area contributed by atoms with Crippen LogP contribution >= 0.6 is 0 Å². The zero-order valence-electron chi connectivity index (χ0n) is 20.5. The molecule has 3 nitrogen and oxygen atoms in total. The molecule has 34 heavy (non-hydrogen) atoms. The van der Waals surface area contributed by atoms with E-state index in [0.717, 1.165) is 49.0 Å². The third-order valence-corrected chi connectivity index (χ3v) is 7.17. The van der Waals surface area contributed by atoms with E-state index >= 15 is 0 Å². The van der Waals surface area contributed by atoms with Crippen molar-refractivity contribution in [2.45, 2.75) is 63.5 Å². The molecule has 178 valence electrons. The first-order valence-electron chi connectivity index (χ1n) is 13.0. The molecule has 1 unspecified atom stereocenters. The molecule has 0 radical (unpaired) electrons. The Labute approximate surface area is 205 Å². The molecule has 3 heteroatoms. The molecule has 0 spiro atoms. The van der Waals surface area contributed by atoms with Gasteiger partial charge in [-0.05, 0) is 36.5 Å². The second-order valence-electron chi connectivity index (χ2n) is 9.37. The third kappa shape index (κ3) is 5.42. The summed E-state index contributed by atoms with van der Waals surface area (Å²) in [4.78, 5) is 16.0. The first-order valence-corrected chi connectivity index (χ1v) is 13.0. The summed E-state index contributed by atoms with van der Waals surface area (Å²) in [7, 11) is 0. The summed E-state index contributed by atoms with van der Waals surface area (Å²) in [5.41, 5.74) is 2.83. The Morgan fingerprint density at radius 1 is 0.706 bits per heavy atom. The number of nitrogens with one attached hydrogen (secondary N) is 1. The van der Waals surface area contributed by atoms with E-state index in [1.54, 1.807) is 0 Å². The van der Waals surface area contributed by atoms with Crippen molar-refractivity contribution in [3.05, 3.63) is 108 Å². The van der Waals surface area contributed by atoms with Gasteiger partial charge in [-0.2, -0.15) is 0 Å². The zero-order valence-corrected chi connectivity index (χ0v) is 20.5. The highest BCUT2D eigenvalue weighted by molar-refractivity contribution is 5.82. The van der Waals surface area contributed by atoms with Crippen LogP contribution in [0.15, 0.2) is 91.0 Å². The van der Waals surface area contributed by atoms with Crippen molar-refractivity contribution in [2.24, 2.45) is 0 Å². The van der Waals surface area contributed by atoms with Gasteiger partial charge in [0.15, 0.2) is 0 Å². The van der Waals surface area contributed by atoms with Crippen LogP contribution in [-0.4, -0.2) is 29.9 Å². The van der Waals surface area contributed by atoms with Gasteiger partial charge in [-0.1, -0.05) is 123 Å². The molecule has 1 fully saturated rings. The van der Waals surface area contributed by atoms with E-state index in [1.807, 2.05) is 0 Å². The van der Waals surface area contributed by atoms with Gasteiger partial charge in [0.25, 0.3) is 0 Å². The molecule has 3 aromatic carbocycles. The summed E-state index contributed by atoms with van der Waals surface area (Å²) in [6.07, 6.45) is 7.93. The minimum absolute atomic E-state index is 0.233. The minimum atomic E-state index is -0.621. The highest BCUT2D eigenvalue weighted by atomic mass is 16.2. The van der Waals surface area contributed by atoms with Gasteiger partial charge < -0.3 is 4.90 Å². The van der Waals surface area contributed by atoms with E-state index in [4.69, 9.17) is 0 Å². The molecule has 1 heterocycles. The van der Waals surface area contributed by atoms with Gasteiger partial charge in [-0.15, -0.1) is 0 Å². The van der Waals surface area contributed by atoms with Crippen LogP contribution in [0.3, 0.4) is 0 Å². The van der Waals surface area contributed by atoms with Crippen LogP contribution in [0.2, 0.25) is 0 Å². The number of benzene rings is 3. The van der Waals surface area contributed by atoms with E-state index in [0.29, 0.717) is 0 Å². The summed E-state index contributed by atoms with van der Waals surface area (Å²) in [6.45, 7) is 3.71. The molecule has 0 aliphatic carbocycles. The van der Waals surface area contributed by atoms with Gasteiger partial charge in [0.05, 0.1) is 11.6 Å². The lowest BCUT2D eigenvalue weighted by molar-refractivity contribution is -0.134. The molecule has 0 saturated carbocycles. The molecule has 1 saturated heterocycles. The Balaban J connectivity index is 1.84. The molecule has 0 aromatic heterocycles. The lowest BCUT2D eigenvalue weighted by Gasteiger charge is -2.41. The number of carbonyl (C=O) groups excluding carboxylic acids is 1. The summed E-state index contributed by atoms with van der Waals surface area (Å²) in [5.74, 6) is 0.233. The number of hydrogen-bond acceptors (Lipinski definition) is 2. The maximum Gasteiger partial charge on any atom is 0.239 e. The van der Waals surface area contributed by atoms with E-state index in [-0.39, 0.29) is 11.9 Å². The average molecular weight is 455 g/mol. The largest absolute Gasteiger partial charge is 0.342 e. The molecular formula is C31H38N2O. The first kappa shape index (κ1) is 24.2. The topological polar surface area (TPSA) is 32.3 Å². The fraction of sp³-hybridized carbons (Fsp3) is 0.387. The average Bonchev–Trinajstić information content (AvgIpc) is 2.94. The van der Waals surface area contributed by atoms with Crippen LogP contribution in [0.1, 0.15) is 68.6 Å². The highest BCUT2D eigenvalue weighted by Crippen LogP contribution is 2.38. The number of nitrogens with zero attached hydrogens (tertiary/aromatic N) is 1. The van der Waals surface area contributed by atoms with Crippen molar-refractivity contribution < 1.29 is 4.79 Å². The number of hydrogen-bond donors (Lipinski definition) is 1. The van der Waals surface area contributed by atoms with Crippen LogP contribution in [0.25, 0.3) is 0 Å². The molecule has 0 bridgehead atoms. The van der Waals surface area contributed by atoms with E-state index < -0.39 is 5.54 Å². The second kappa shape index (κ2) is 12.0. The predicted octanol–water partition coefficient (Wildman–Crippen LogP) is 6.53. The Morgan fingerprint density at radius 3 is 1.62 bits per heavy atom. The van der Waals surface area contributed by atoms with Gasteiger partial charge in [-0.25, -0.2) is 0 Å². The van der Waals surface area contributed by atoms with Crippen LogP contribution in [0, 0.1) is 0 Å². The van der Waals surface area contributed by atoms with Crippen LogP contribution in [0.5, 0.6) is 0 Å². The highest BCUT2D eigenvalue weighted by Gasteiger charge is 2.40. The van der Waals surface area contributed by atoms with Crippen molar-refractivity contribution >= 4 is 5.91 Å². The zero-order chi connectivity index (χ0) is 23.6. The summed E-state index contributed by atoms with van der Waals surface area (Å²) in [5, 5.41) is 3.98. The van der Waals surface area contributed by atoms with Gasteiger partial charge in [0.2, 0.25) is 5.91 Å². The van der Waals surface area contributed by atoms with Gasteiger partial charge >= 0.3 is 0 Å². The maximum atomic E-state index is 13.9. The van der Waals surface area contributed by atoms with E-state index in [9.17, 15) is 4.79 Å². The molecule has 1 amide bonds. The molecule has 1 aliphatic rings. The van der Waals surface area contributed by atoms with Crippen LogP contribution < -0.4 is 5.32 Å². The summed E-state index contributed by atoms with van der Waals surface area (Å²) >= 11 is 0. The second-order valence-corrected chi connectivity index (χ2v) is 9.37. The third-order valence-electron chi connectivity index (χ3n) is 7.17. The normalized spacial score (nSPS) is 18.3. The van der Waals surface area contributed by atoms with Gasteiger partial charge in [-0.3, -0.25) is 10.1 Å². The minimum Gasteiger partial charge on any atom is -0.342 e. The van der Waals surface area contributed by atoms with Gasteiger partial charge in [0, 0.05) is 13.1 Å². The standard InChI is InChI=1S/C31H38N2O/c1-2-33-25-17-6-4-3-5-16-24-29(30(33)34)32-31(26-18-10-7-11-19-26,27-20-12-8-13-21-27)28-22-14-9-15-23-28/h7-15,18-23,29,32H,2-6,16-17,24-25H2,1H3. The number of amides is 1. The summed E-state index contributed by atoms with van der Waals surface area (Å²) < 4.78 is 0. The number of carbonyl (C=O) groups is 1. The van der Waals surface area contributed by atoms with Crippen molar-refractivity contribution in [2.75, 3.05) is 13.1 Å². The molecular weight excluding hydrogens is 416 g/mol. The Bertz CT molecular complexity index is 907. The molecule has 1 N–H and O–H groups in total. The smallest absolute Gasteiger partial charge is 0.239 e. The van der Waals surface area contributed by atoms with Crippen molar-refractivity contribution in [3.63, 3.8) is 0 Å². The number of rotatable bonds is 6. The van der Waals surface area contributed by atoms with Crippen LogP contribution in [0.4, 0.5) is 0 Å².